The Labute approximate surface area is 188 Å². The second-order valence-electron chi connectivity index (χ2n) is 6.84. The van der Waals surface area contributed by atoms with Gasteiger partial charge in [0, 0.05) is 13.0 Å². The van der Waals surface area contributed by atoms with Gasteiger partial charge in [-0.1, -0.05) is 0 Å². The third kappa shape index (κ3) is 13.1. The Balaban J connectivity index is 5.41. The van der Waals surface area contributed by atoms with Gasteiger partial charge in [-0.05, 0) is 19.3 Å². The SMILES string of the molecule is NCC(=O)NC(CC(N)=O)C(=O)NC(CCC(=O)O)C(=O)NC(CCCN=C(N)N)C(=O)O. The largest absolute Gasteiger partial charge is 0.481 e. The summed E-state index contributed by atoms with van der Waals surface area (Å²) >= 11 is 0. The van der Waals surface area contributed by atoms with E-state index in [9.17, 15) is 33.9 Å². The maximum absolute atomic E-state index is 12.6. The topological polar surface area (TPSA) is 295 Å². The van der Waals surface area contributed by atoms with E-state index in [1.807, 2.05) is 0 Å². The summed E-state index contributed by atoms with van der Waals surface area (Å²) in [4.78, 5) is 74.0. The van der Waals surface area contributed by atoms with Crippen LogP contribution in [-0.4, -0.2) is 83.0 Å². The minimum absolute atomic E-state index is 0.0612. The molecule has 0 spiro atoms. The van der Waals surface area contributed by atoms with Crippen molar-refractivity contribution in [1.82, 2.24) is 16.0 Å². The summed E-state index contributed by atoms with van der Waals surface area (Å²) < 4.78 is 0. The number of primary amides is 1. The number of nitrogens with zero attached hydrogens (tertiary/aromatic N) is 1. The van der Waals surface area contributed by atoms with Crippen molar-refractivity contribution >= 4 is 41.5 Å². The number of carbonyl (C=O) groups excluding carboxylic acids is 4. The first-order chi connectivity index (χ1) is 15.4. The molecule has 0 saturated heterocycles. The van der Waals surface area contributed by atoms with Crippen LogP contribution in [0.15, 0.2) is 4.99 Å². The van der Waals surface area contributed by atoms with E-state index in [1.165, 1.54) is 0 Å². The van der Waals surface area contributed by atoms with Crippen LogP contribution in [-0.2, 0) is 28.8 Å². The predicted octanol–water partition coefficient (Wildman–Crippen LogP) is -4.72. The zero-order valence-electron chi connectivity index (χ0n) is 17.8. The maximum atomic E-state index is 12.6. The van der Waals surface area contributed by atoms with Crippen molar-refractivity contribution in [3.05, 3.63) is 0 Å². The Bertz CT molecular complexity index is 768. The smallest absolute Gasteiger partial charge is 0.326 e. The fourth-order valence-electron chi connectivity index (χ4n) is 2.51. The zero-order valence-corrected chi connectivity index (χ0v) is 17.8. The standard InChI is InChI=1S/C17H30N8O8/c18-7-12(27)23-10(6-11(19)26)15(31)24-8(3-4-13(28)29)14(30)25-9(16(32)33)2-1-5-22-17(20)21/h8-10H,1-7,18H2,(H2,19,26)(H,23,27)(H,24,31)(H,25,30)(H,28,29)(H,32,33)(H4,20,21,22). The molecule has 0 aromatic carbocycles. The summed E-state index contributed by atoms with van der Waals surface area (Å²) in [7, 11) is 0. The van der Waals surface area contributed by atoms with Crippen molar-refractivity contribution < 1.29 is 39.0 Å². The van der Waals surface area contributed by atoms with Crippen molar-refractivity contribution in [2.45, 2.75) is 50.2 Å². The summed E-state index contributed by atoms with van der Waals surface area (Å²) in [6, 6.07) is -4.35. The van der Waals surface area contributed by atoms with Crippen LogP contribution >= 0.6 is 0 Å². The lowest BCUT2D eigenvalue weighted by molar-refractivity contribution is -0.143. The Kier molecular flexibility index (Phi) is 13.2. The Morgan fingerprint density at radius 2 is 1.39 bits per heavy atom. The van der Waals surface area contributed by atoms with E-state index < -0.39 is 79.5 Å². The van der Waals surface area contributed by atoms with E-state index in [4.69, 9.17) is 28.0 Å². The molecule has 3 atom stereocenters. The number of nitrogens with one attached hydrogen (secondary N) is 3. The lowest BCUT2D eigenvalue weighted by Gasteiger charge is -2.23. The van der Waals surface area contributed by atoms with Crippen LogP contribution in [0.5, 0.6) is 0 Å². The number of aliphatic imine (C=N–C) groups is 1. The highest BCUT2D eigenvalue weighted by atomic mass is 16.4. The van der Waals surface area contributed by atoms with Crippen molar-refractivity contribution in [3.8, 4) is 0 Å². The molecular weight excluding hydrogens is 444 g/mol. The van der Waals surface area contributed by atoms with Crippen LogP contribution in [0.1, 0.15) is 32.1 Å². The molecule has 13 N–H and O–H groups in total. The highest BCUT2D eigenvalue weighted by Crippen LogP contribution is 2.04. The Morgan fingerprint density at radius 1 is 0.818 bits per heavy atom. The first-order valence-electron chi connectivity index (χ1n) is 9.75. The number of amides is 4. The molecule has 16 heteroatoms. The third-order valence-corrected chi connectivity index (χ3v) is 4.08. The van der Waals surface area contributed by atoms with Gasteiger partial charge in [-0.25, -0.2) is 4.79 Å². The van der Waals surface area contributed by atoms with Gasteiger partial charge in [-0.3, -0.25) is 29.0 Å². The maximum Gasteiger partial charge on any atom is 0.326 e. The molecule has 3 unspecified atom stereocenters. The summed E-state index contributed by atoms with van der Waals surface area (Å²) in [5.41, 5.74) is 20.6. The third-order valence-electron chi connectivity index (χ3n) is 4.08. The molecule has 186 valence electrons. The molecule has 4 amide bonds. The summed E-state index contributed by atoms with van der Waals surface area (Å²) in [6.45, 7) is -0.386. The quantitative estimate of drug-likeness (QED) is 0.0581. The number of hydrogen-bond donors (Lipinski definition) is 9. The van der Waals surface area contributed by atoms with E-state index >= 15 is 0 Å². The number of guanidine groups is 1. The van der Waals surface area contributed by atoms with Crippen molar-refractivity contribution in [3.63, 3.8) is 0 Å². The lowest BCUT2D eigenvalue weighted by Crippen LogP contribution is -2.56. The molecule has 16 nitrogen and oxygen atoms in total. The number of rotatable bonds is 16. The second-order valence-corrected chi connectivity index (χ2v) is 6.84. The van der Waals surface area contributed by atoms with Gasteiger partial charge in [0.05, 0.1) is 13.0 Å². The first kappa shape index (κ1) is 29.1. The van der Waals surface area contributed by atoms with Gasteiger partial charge < -0.3 is 49.1 Å². The molecule has 0 aromatic heterocycles. The Morgan fingerprint density at radius 3 is 1.88 bits per heavy atom. The van der Waals surface area contributed by atoms with Gasteiger partial charge in [-0.2, -0.15) is 0 Å². The molecule has 0 aliphatic heterocycles. The van der Waals surface area contributed by atoms with E-state index in [1.54, 1.807) is 0 Å². The second kappa shape index (κ2) is 15.0. The predicted molar refractivity (Wildman–Crippen MR) is 113 cm³/mol. The fourth-order valence-corrected chi connectivity index (χ4v) is 2.51. The van der Waals surface area contributed by atoms with E-state index in [-0.39, 0.29) is 25.3 Å². The van der Waals surface area contributed by atoms with Crippen molar-refractivity contribution in [1.29, 1.82) is 0 Å². The van der Waals surface area contributed by atoms with Crippen LogP contribution in [0.25, 0.3) is 0 Å². The number of carboxylic acid groups (broad SMARTS) is 2. The zero-order chi connectivity index (χ0) is 25.6. The Hall–Kier alpha value is -3.95. The monoisotopic (exact) mass is 474 g/mol. The molecule has 0 radical (unpaired) electrons. The van der Waals surface area contributed by atoms with Gasteiger partial charge in [-0.15, -0.1) is 0 Å². The summed E-state index contributed by atoms with van der Waals surface area (Å²) in [6.07, 6.45) is -1.42. The summed E-state index contributed by atoms with van der Waals surface area (Å²) in [5, 5.41) is 24.8. The number of nitrogens with two attached hydrogens (primary N) is 4. The molecule has 0 aliphatic rings. The van der Waals surface area contributed by atoms with Crippen LogP contribution in [0.2, 0.25) is 0 Å². The summed E-state index contributed by atoms with van der Waals surface area (Å²) in [5.74, 6) is -6.56. The highest BCUT2D eigenvalue weighted by molar-refractivity contribution is 5.95. The van der Waals surface area contributed by atoms with E-state index in [0.29, 0.717) is 0 Å². The molecule has 0 bridgehead atoms. The molecular formula is C17H30N8O8. The lowest BCUT2D eigenvalue weighted by atomic mass is 10.1. The van der Waals surface area contributed by atoms with E-state index in [0.717, 1.165) is 0 Å². The number of aliphatic carboxylic acids is 2. The van der Waals surface area contributed by atoms with Crippen LogP contribution in [0.4, 0.5) is 0 Å². The normalized spacial score (nSPS) is 13.0. The number of carbonyl (C=O) groups is 6. The van der Waals surface area contributed by atoms with Gasteiger partial charge in [0.15, 0.2) is 5.96 Å². The molecule has 0 rings (SSSR count). The molecule has 33 heavy (non-hydrogen) atoms. The minimum Gasteiger partial charge on any atom is -0.481 e. The number of carboxylic acids is 2. The van der Waals surface area contributed by atoms with Crippen LogP contribution in [0, 0.1) is 0 Å². The minimum atomic E-state index is -1.49. The van der Waals surface area contributed by atoms with E-state index in [2.05, 4.69) is 20.9 Å². The van der Waals surface area contributed by atoms with Crippen LogP contribution < -0.4 is 38.9 Å². The highest BCUT2D eigenvalue weighted by Gasteiger charge is 2.30. The average molecular weight is 474 g/mol. The van der Waals surface area contributed by atoms with Gasteiger partial charge in [0.25, 0.3) is 0 Å². The molecule has 0 saturated carbocycles. The first-order valence-corrected chi connectivity index (χ1v) is 9.75. The molecule has 0 fully saturated rings. The average Bonchev–Trinajstić information content (AvgIpc) is 2.71. The van der Waals surface area contributed by atoms with Gasteiger partial charge >= 0.3 is 11.9 Å². The fraction of sp³-hybridized carbons (Fsp3) is 0.588. The molecule has 0 aromatic rings. The van der Waals surface area contributed by atoms with Gasteiger partial charge in [0.2, 0.25) is 23.6 Å². The van der Waals surface area contributed by atoms with Crippen LogP contribution in [0.3, 0.4) is 0 Å². The molecule has 0 aliphatic carbocycles. The van der Waals surface area contributed by atoms with Crippen molar-refractivity contribution in [2.24, 2.45) is 27.9 Å². The molecule has 0 heterocycles. The van der Waals surface area contributed by atoms with Crippen molar-refractivity contribution in [2.75, 3.05) is 13.1 Å². The number of hydrogen-bond acceptors (Lipinski definition) is 8. The van der Waals surface area contributed by atoms with Gasteiger partial charge in [0.1, 0.15) is 18.1 Å².